The Morgan fingerprint density at radius 2 is 1.45 bits per heavy atom. The van der Waals surface area contributed by atoms with E-state index in [1.54, 1.807) is 0 Å². The van der Waals surface area contributed by atoms with Crippen molar-refractivity contribution in [1.29, 1.82) is 0 Å². The van der Waals surface area contributed by atoms with Gasteiger partial charge >= 0.3 is 0 Å². The number of ether oxygens (including phenoxy) is 2. The Morgan fingerprint density at radius 3 is 2.12 bits per heavy atom. The molecule has 0 radical (unpaired) electrons. The third-order valence-corrected chi connectivity index (χ3v) is 7.87. The molecule has 2 unspecified atom stereocenters. The molecule has 0 heterocycles. The molecule has 1 aliphatic rings. The summed E-state index contributed by atoms with van der Waals surface area (Å²) in [6.45, 7) is 3.31. The third-order valence-electron chi connectivity index (χ3n) is 7.51. The number of benzene rings is 4. The lowest BCUT2D eigenvalue weighted by atomic mass is 9.82. The van der Waals surface area contributed by atoms with Gasteiger partial charge in [-0.15, -0.1) is 0 Å². The highest BCUT2D eigenvalue weighted by atomic mass is 35.5. The first-order valence-corrected chi connectivity index (χ1v) is 14.5. The van der Waals surface area contributed by atoms with E-state index in [1.807, 2.05) is 66.7 Å². The quantitative estimate of drug-likeness (QED) is 0.204. The summed E-state index contributed by atoms with van der Waals surface area (Å²) in [4.78, 5) is 0. The minimum atomic E-state index is -1.14. The fourth-order valence-corrected chi connectivity index (χ4v) is 5.49. The number of rotatable bonds is 11. The Labute approximate surface area is 243 Å². The van der Waals surface area contributed by atoms with Gasteiger partial charge in [-0.3, -0.25) is 0 Å². The van der Waals surface area contributed by atoms with Gasteiger partial charge in [0.15, 0.2) is 0 Å². The summed E-state index contributed by atoms with van der Waals surface area (Å²) in [6.07, 6.45) is 4.79. The highest BCUT2D eigenvalue weighted by molar-refractivity contribution is 6.31. The number of hydrogen-bond donors (Lipinski definition) is 1. The fraction of sp³-hybridized carbons (Fsp3) is 0.278. The average Bonchev–Trinajstić information content (AvgIpc) is 2.98. The van der Waals surface area contributed by atoms with E-state index in [4.69, 9.17) is 21.1 Å². The van der Waals surface area contributed by atoms with Crippen molar-refractivity contribution in [2.24, 2.45) is 0 Å². The largest absolute Gasteiger partial charge is 0.383 e. The SMILES string of the molecule is CCc1ccc(Cc2cc(C3=CC(O)(COCc4ccccc4)CC(OCc4ccccc4)C3)ccc2Cl)cc1. The lowest BCUT2D eigenvalue weighted by Crippen LogP contribution is -2.40. The summed E-state index contributed by atoms with van der Waals surface area (Å²) >= 11 is 6.66. The molecule has 0 amide bonds. The zero-order valence-corrected chi connectivity index (χ0v) is 23.8. The molecule has 0 saturated heterocycles. The lowest BCUT2D eigenvalue weighted by Gasteiger charge is -2.35. The number of aliphatic hydroxyl groups is 1. The van der Waals surface area contributed by atoms with Crippen LogP contribution in [0.3, 0.4) is 0 Å². The summed E-state index contributed by atoms with van der Waals surface area (Å²) in [6, 6.07) is 35.1. The second-order valence-electron chi connectivity index (χ2n) is 10.7. The van der Waals surface area contributed by atoms with Crippen molar-refractivity contribution in [1.82, 2.24) is 0 Å². The van der Waals surface area contributed by atoms with Gasteiger partial charge in [-0.05, 0) is 76.4 Å². The minimum absolute atomic E-state index is 0.147. The molecule has 0 bridgehead atoms. The molecule has 1 N–H and O–H groups in total. The summed E-state index contributed by atoms with van der Waals surface area (Å²) in [5, 5.41) is 12.5. The van der Waals surface area contributed by atoms with Crippen molar-refractivity contribution in [2.45, 2.75) is 57.5 Å². The maximum Gasteiger partial charge on any atom is 0.109 e. The van der Waals surface area contributed by atoms with Gasteiger partial charge in [0.25, 0.3) is 0 Å². The van der Waals surface area contributed by atoms with Crippen LogP contribution < -0.4 is 0 Å². The second kappa shape index (κ2) is 13.4. The molecular weight excluding hydrogens is 516 g/mol. The van der Waals surface area contributed by atoms with E-state index < -0.39 is 5.60 Å². The van der Waals surface area contributed by atoms with Gasteiger partial charge in [-0.1, -0.05) is 110 Å². The van der Waals surface area contributed by atoms with Gasteiger partial charge in [0, 0.05) is 11.4 Å². The van der Waals surface area contributed by atoms with Crippen molar-refractivity contribution in [3.63, 3.8) is 0 Å². The minimum Gasteiger partial charge on any atom is -0.383 e. The van der Waals surface area contributed by atoms with Crippen LogP contribution >= 0.6 is 11.6 Å². The number of halogens is 1. The highest BCUT2D eigenvalue weighted by Gasteiger charge is 2.35. The molecule has 3 nitrogen and oxygen atoms in total. The first-order chi connectivity index (χ1) is 19.5. The Hall–Kier alpha value is -3.21. The van der Waals surface area contributed by atoms with Gasteiger partial charge in [0.1, 0.15) is 5.60 Å². The highest BCUT2D eigenvalue weighted by Crippen LogP contribution is 2.36. The fourth-order valence-electron chi connectivity index (χ4n) is 5.30. The van der Waals surface area contributed by atoms with E-state index in [2.05, 4.69) is 49.4 Å². The van der Waals surface area contributed by atoms with Gasteiger partial charge in [-0.25, -0.2) is 0 Å². The first-order valence-electron chi connectivity index (χ1n) is 14.1. The molecule has 40 heavy (non-hydrogen) atoms. The molecule has 4 heteroatoms. The van der Waals surface area contributed by atoms with Crippen LogP contribution in [0.2, 0.25) is 5.02 Å². The van der Waals surface area contributed by atoms with Crippen molar-refractivity contribution in [3.8, 4) is 0 Å². The Kier molecular flexibility index (Phi) is 9.51. The smallest absolute Gasteiger partial charge is 0.109 e. The van der Waals surface area contributed by atoms with E-state index in [0.29, 0.717) is 26.1 Å². The summed E-state index contributed by atoms with van der Waals surface area (Å²) in [7, 11) is 0. The van der Waals surface area contributed by atoms with Crippen LogP contribution in [0, 0.1) is 0 Å². The monoisotopic (exact) mass is 552 g/mol. The topological polar surface area (TPSA) is 38.7 Å². The van der Waals surface area contributed by atoms with Crippen LogP contribution in [0.15, 0.2) is 109 Å². The number of hydrogen-bond acceptors (Lipinski definition) is 3. The van der Waals surface area contributed by atoms with Crippen LogP contribution in [0.5, 0.6) is 0 Å². The van der Waals surface area contributed by atoms with Crippen LogP contribution in [0.1, 0.15) is 53.1 Å². The summed E-state index contributed by atoms with van der Waals surface area (Å²) in [5.41, 5.74) is 6.78. The predicted octanol–water partition coefficient (Wildman–Crippen LogP) is 8.20. The van der Waals surface area contributed by atoms with Crippen LogP contribution in [0.25, 0.3) is 5.57 Å². The van der Waals surface area contributed by atoms with Crippen molar-refractivity contribution >= 4 is 17.2 Å². The zero-order valence-electron chi connectivity index (χ0n) is 23.1. The van der Waals surface area contributed by atoms with E-state index in [-0.39, 0.29) is 12.7 Å². The zero-order chi connectivity index (χ0) is 27.8. The molecule has 206 valence electrons. The molecule has 5 rings (SSSR count). The molecule has 0 fully saturated rings. The summed E-state index contributed by atoms with van der Waals surface area (Å²) < 4.78 is 12.4. The molecule has 4 aromatic carbocycles. The standard InChI is InChI=1S/C36H37ClO3/c1-2-27-13-15-28(16-14-27)19-32-20-31(17-18-35(32)37)33-21-34(40-25-30-11-7-4-8-12-30)23-36(38,22-33)26-39-24-29-9-5-3-6-10-29/h3-18,20,22,34,38H,2,19,21,23-26H2,1H3. The molecule has 0 aliphatic heterocycles. The lowest BCUT2D eigenvalue weighted by molar-refractivity contribution is -0.0688. The Balaban J connectivity index is 1.36. The Bertz CT molecular complexity index is 1400. The van der Waals surface area contributed by atoms with E-state index in [9.17, 15) is 5.11 Å². The predicted molar refractivity (Wildman–Crippen MR) is 163 cm³/mol. The Morgan fingerprint density at radius 1 is 0.800 bits per heavy atom. The van der Waals surface area contributed by atoms with Crippen molar-refractivity contribution in [3.05, 3.63) is 148 Å². The normalized spacial score (nSPS) is 18.9. The second-order valence-corrected chi connectivity index (χ2v) is 11.1. The maximum absolute atomic E-state index is 11.7. The maximum atomic E-state index is 11.7. The average molecular weight is 553 g/mol. The number of aryl methyl sites for hydroxylation is 1. The molecule has 2 atom stereocenters. The van der Waals surface area contributed by atoms with Gasteiger partial charge in [0.05, 0.1) is 25.9 Å². The van der Waals surface area contributed by atoms with Gasteiger partial charge in [0.2, 0.25) is 0 Å². The molecule has 0 saturated carbocycles. The van der Waals surface area contributed by atoms with E-state index in [0.717, 1.165) is 45.7 Å². The van der Waals surface area contributed by atoms with Gasteiger partial charge < -0.3 is 14.6 Å². The molecule has 4 aromatic rings. The molecule has 0 aromatic heterocycles. The summed E-state index contributed by atoms with van der Waals surface area (Å²) in [5.74, 6) is 0. The van der Waals surface area contributed by atoms with Crippen LogP contribution in [-0.4, -0.2) is 23.4 Å². The third kappa shape index (κ3) is 7.71. The van der Waals surface area contributed by atoms with E-state index >= 15 is 0 Å². The van der Waals surface area contributed by atoms with Crippen molar-refractivity contribution < 1.29 is 14.6 Å². The molecule has 1 aliphatic carbocycles. The van der Waals surface area contributed by atoms with E-state index in [1.165, 1.54) is 11.1 Å². The van der Waals surface area contributed by atoms with Crippen LogP contribution in [0.4, 0.5) is 0 Å². The van der Waals surface area contributed by atoms with Crippen LogP contribution in [-0.2, 0) is 35.5 Å². The molecular formula is C36H37ClO3. The molecule has 0 spiro atoms. The van der Waals surface area contributed by atoms with Crippen molar-refractivity contribution in [2.75, 3.05) is 6.61 Å². The first kappa shape index (κ1) is 28.3. The van der Waals surface area contributed by atoms with Gasteiger partial charge in [-0.2, -0.15) is 0 Å².